The van der Waals surface area contributed by atoms with Crippen LogP contribution in [0, 0.1) is 11.8 Å². The normalized spacial score (nSPS) is 28.5. The summed E-state index contributed by atoms with van der Waals surface area (Å²) in [6.45, 7) is 4.46. The van der Waals surface area contributed by atoms with E-state index >= 15 is 0 Å². The molecule has 3 nitrogen and oxygen atoms in total. The molecule has 2 N–H and O–H groups in total. The molecule has 0 bridgehead atoms. The largest absolute Gasteiger partial charge is 0.389 e. The Morgan fingerprint density at radius 3 is 2.75 bits per heavy atom. The Balaban J connectivity index is 1.48. The summed E-state index contributed by atoms with van der Waals surface area (Å²) in [4.78, 5) is 0. The van der Waals surface area contributed by atoms with E-state index in [0.29, 0.717) is 25.2 Å². The minimum Gasteiger partial charge on any atom is -0.389 e. The van der Waals surface area contributed by atoms with Crippen LogP contribution in [0.15, 0.2) is 0 Å². The number of aliphatic hydroxyl groups excluding tert-OH is 1. The van der Waals surface area contributed by atoms with Gasteiger partial charge in [-0.25, -0.2) is 0 Å². The summed E-state index contributed by atoms with van der Waals surface area (Å²) in [5, 5.41) is 13.3. The first-order valence-corrected chi connectivity index (χ1v) is 8.80. The highest BCUT2D eigenvalue weighted by molar-refractivity contribution is 4.76. The van der Waals surface area contributed by atoms with E-state index in [9.17, 15) is 5.11 Å². The monoisotopic (exact) mass is 283 g/mol. The van der Waals surface area contributed by atoms with Gasteiger partial charge in [-0.1, -0.05) is 39.0 Å². The second-order valence-corrected chi connectivity index (χ2v) is 6.77. The van der Waals surface area contributed by atoms with Crippen LogP contribution in [0.3, 0.4) is 0 Å². The molecular weight excluding hydrogens is 250 g/mol. The molecular formula is C17H33NO2. The van der Waals surface area contributed by atoms with Crippen molar-refractivity contribution in [2.24, 2.45) is 11.8 Å². The Morgan fingerprint density at radius 2 is 2.00 bits per heavy atom. The first-order chi connectivity index (χ1) is 9.79. The van der Waals surface area contributed by atoms with Crippen molar-refractivity contribution >= 4 is 0 Å². The van der Waals surface area contributed by atoms with Crippen molar-refractivity contribution in [3.63, 3.8) is 0 Å². The number of ether oxygens (including phenoxy) is 1. The van der Waals surface area contributed by atoms with Crippen LogP contribution in [0.4, 0.5) is 0 Å². The molecule has 0 saturated heterocycles. The molecule has 0 aromatic heterocycles. The van der Waals surface area contributed by atoms with Gasteiger partial charge in [-0.2, -0.15) is 0 Å². The van der Waals surface area contributed by atoms with Crippen molar-refractivity contribution < 1.29 is 9.84 Å². The maximum Gasteiger partial charge on any atom is 0.0897 e. The fraction of sp³-hybridized carbons (Fsp3) is 1.00. The van der Waals surface area contributed by atoms with Gasteiger partial charge in [0.15, 0.2) is 0 Å². The van der Waals surface area contributed by atoms with E-state index in [-0.39, 0.29) is 6.10 Å². The minimum absolute atomic E-state index is 0.352. The van der Waals surface area contributed by atoms with Crippen LogP contribution in [-0.2, 0) is 4.74 Å². The van der Waals surface area contributed by atoms with E-state index in [1.54, 1.807) is 0 Å². The zero-order valence-electron chi connectivity index (χ0n) is 13.2. The highest BCUT2D eigenvalue weighted by Crippen LogP contribution is 2.33. The number of aliphatic hydroxyl groups is 1. The van der Waals surface area contributed by atoms with Gasteiger partial charge in [0, 0.05) is 6.54 Å². The van der Waals surface area contributed by atoms with Crippen LogP contribution in [0.2, 0.25) is 0 Å². The molecule has 2 aliphatic carbocycles. The van der Waals surface area contributed by atoms with E-state index in [1.165, 1.54) is 57.8 Å². The van der Waals surface area contributed by atoms with E-state index in [2.05, 4.69) is 12.2 Å². The van der Waals surface area contributed by atoms with Crippen LogP contribution in [-0.4, -0.2) is 37.0 Å². The SMILES string of the molecule is CCC1CCCCC1OCC(O)CNCCCC1CC1. The van der Waals surface area contributed by atoms with E-state index < -0.39 is 0 Å². The van der Waals surface area contributed by atoms with Gasteiger partial charge in [-0.15, -0.1) is 0 Å². The fourth-order valence-electron chi connectivity index (χ4n) is 3.34. The fourth-order valence-corrected chi connectivity index (χ4v) is 3.34. The molecule has 3 unspecified atom stereocenters. The number of hydrogen-bond donors (Lipinski definition) is 2. The maximum atomic E-state index is 9.97. The van der Waals surface area contributed by atoms with Crippen molar-refractivity contribution in [2.75, 3.05) is 19.7 Å². The highest BCUT2D eigenvalue weighted by Gasteiger charge is 2.24. The van der Waals surface area contributed by atoms with Crippen molar-refractivity contribution in [2.45, 2.75) is 76.9 Å². The molecule has 20 heavy (non-hydrogen) atoms. The molecule has 0 spiro atoms. The lowest BCUT2D eigenvalue weighted by atomic mass is 9.85. The third kappa shape index (κ3) is 6.11. The summed E-state index contributed by atoms with van der Waals surface area (Å²) in [7, 11) is 0. The van der Waals surface area contributed by atoms with Gasteiger partial charge in [0.25, 0.3) is 0 Å². The van der Waals surface area contributed by atoms with Gasteiger partial charge >= 0.3 is 0 Å². The zero-order chi connectivity index (χ0) is 14.2. The Morgan fingerprint density at radius 1 is 1.20 bits per heavy atom. The second-order valence-electron chi connectivity index (χ2n) is 6.77. The van der Waals surface area contributed by atoms with Crippen molar-refractivity contribution in [3.8, 4) is 0 Å². The van der Waals surface area contributed by atoms with Crippen LogP contribution in [0.1, 0.15) is 64.7 Å². The predicted octanol–water partition coefficient (Wildman–Crippen LogP) is 3.11. The third-order valence-electron chi connectivity index (χ3n) is 4.91. The standard InChI is InChI=1S/C17H33NO2/c1-2-15-7-3-4-8-17(15)20-13-16(19)12-18-11-5-6-14-9-10-14/h14-19H,2-13H2,1H3. The Kier molecular flexibility index (Phi) is 7.32. The molecule has 0 aromatic rings. The molecule has 2 aliphatic rings. The predicted molar refractivity (Wildman–Crippen MR) is 82.8 cm³/mol. The Hall–Kier alpha value is -0.120. The summed E-state index contributed by atoms with van der Waals surface area (Å²) in [6.07, 6.45) is 11.9. The Bertz CT molecular complexity index is 255. The van der Waals surface area contributed by atoms with Gasteiger partial charge in [0.1, 0.15) is 0 Å². The summed E-state index contributed by atoms with van der Waals surface area (Å²) in [6, 6.07) is 0. The van der Waals surface area contributed by atoms with Gasteiger partial charge in [-0.3, -0.25) is 0 Å². The van der Waals surface area contributed by atoms with Crippen LogP contribution < -0.4 is 5.32 Å². The second kappa shape index (κ2) is 9.01. The van der Waals surface area contributed by atoms with Crippen molar-refractivity contribution in [3.05, 3.63) is 0 Å². The van der Waals surface area contributed by atoms with Crippen LogP contribution in [0.5, 0.6) is 0 Å². The summed E-state index contributed by atoms with van der Waals surface area (Å²) >= 11 is 0. The topological polar surface area (TPSA) is 41.5 Å². The summed E-state index contributed by atoms with van der Waals surface area (Å²) in [5.41, 5.74) is 0. The number of hydrogen-bond acceptors (Lipinski definition) is 3. The molecule has 0 amide bonds. The van der Waals surface area contributed by atoms with E-state index in [4.69, 9.17) is 4.74 Å². The van der Waals surface area contributed by atoms with Crippen LogP contribution in [0.25, 0.3) is 0 Å². The van der Waals surface area contributed by atoms with E-state index in [1.807, 2.05) is 0 Å². The smallest absolute Gasteiger partial charge is 0.0897 e. The third-order valence-corrected chi connectivity index (χ3v) is 4.91. The summed E-state index contributed by atoms with van der Waals surface area (Å²) in [5.74, 6) is 1.73. The molecule has 2 saturated carbocycles. The molecule has 0 aromatic carbocycles. The molecule has 0 radical (unpaired) electrons. The van der Waals surface area contributed by atoms with Gasteiger partial charge in [0.2, 0.25) is 0 Å². The molecule has 0 heterocycles. The minimum atomic E-state index is -0.352. The van der Waals surface area contributed by atoms with Crippen molar-refractivity contribution in [1.82, 2.24) is 5.32 Å². The average molecular weight is 283 g/mol. The number of nitrogens with one attached hydrogen (secondary N) is 1. The van der Waals surface area contributed by atoms with Gasteiger partial charge < -0.3 is 15.2 Å². The van der Waals surface area contributed by atoms with Crippen LogP contribution >= 0.6 is 0 Å². The average Bonchev–Trinajstić information content (AvgIpc) is 3.29. The van der Waals surface area contributed by atoms with Gasteiger partial charge in [0.05, 0.1) is 18.8 Å². The summed E-state index contributed by atoms with van der Waals surface area (Å²) < 4.78 is 5.96. The molecule has 118 valence electrons. The lowest BCUT2D eigenvalue weighted by Gasteiger charge is -2.31. The van der Waals surface area contributed by atoms with Crippen molar-refractivity contribution in [1.29, 1.82) is 0 Å². The number of rotatable bonds is 10. The highest BCUT2D eigenvalue weighted by atomic mass is 16.5. The quantitative estimate of drug-likeness (QED) is 0.605. The molecule has 3 heteroatoms. The molecule has 2 fully saturated rings. The first kappa shape index (κ1) is 16.3. The Labute approximate surface area is 124 Å². The maximum absolute atomic E-state index is 9.97. The molecule has 2 rings (SSSR count). The molecule has 0 aliphatic heterocycles. The molecule has 3 atom stereocenters. The lowest BCUT2D eigenvalue weighted by Crippen LogP contribution is -2.35. The van der Waals surface area contributed by atoms with Gasteiger partial charge in [-0.05, 0) is 44.1 Å². The first-order valence-electron chi connectivity index (χ1n) is 8.80. The van der Waals surface area contributed by atoms with E-state index in [0.717, 1.165) is 12.5 Å². The zero-order valence-corrected chi connectivity index (χ0v) is 13.2. The lowest BCUT2D eigenvalue weighted by molar-refractivity contribution is -0.0498.